The van der Waals surface area contributed by atoms with Crippen LogP contribution in [-0.4, -0.2) is 0 Å². The smallest absolute Gasteiger partial charge is 0.0590 e. The monoisotopic (exact) mass is 332 g/mol. The van der Waals surface area contributed by atoms with Crippen LogP contribution in [0.15, 0.2) is 0 Å². The third-order valence-corrected chi connectivity index (χ3v) is 0. The van der Waals surface area contributed by atoms with Crippen LogP contribution in [0.4, 0.5) is 0 Å². The van der Waals surface area contributed by atoms with E-state index in [0.717, 1.165) is 0 Å². The number of hydrogen-bond donors (Lipinski definition) is 0. The molecule has 0 aliphatic rings. The molecule has 0 aliphatic heterocycles. The first-order valence-corrected chi connectivity index (χ1v) is 1.41. The number of hydrogen-bond acceptors (Lipinski definition) is 0. The molecule has 0 nitrogen and oxygen atoms in total. The maximum Gasteiger partial charge on any atom is -0.0590 e. The predicted molar refractivity (Wildman–Crippen MR) is 73.9 cm³/mol. The van der Waals surface area contributed by atoms with E-state index in [9.17, 15) is 0 Å². The summed E-state index contributed by atoms with van der Waals surface area (Å²) in [7, 11) is 0. The molecule has 0 atom stereocenters. The van der Waals surface area contributed by atoms with E-state index in [1.54, 1.807) is 0 Å². The molecule has 0 radical (unpaired) electrons. The molecule has 0 saturated carbocycles. The molecule has 0 aromatic carbocycles. The van der Waals surface area contributed by atoms with Gasteiger partial charge in [0.25, 0.3) is 0 Å². The molecule has 0 fully saturated rings. The summed E-state index contributed by atoms with van der Waals surface area (Å²) in [6.45, 7) is 4.25. The van der Waals surface area contributed by atoms with Crippen LogP contribution in [0.5, 0.6) is 0 Å². The lowest BCUT2D eigenvalue weighted by Gasteiger charge is -1.48. The Morgan fingerprint density at radius 3 is 0.455 bits per heavy atom. The van der Waals surface area contributed by atoms with Gasteiger partial charge in [0, 0.05) is 0 Å². The van der Waals surface area contributed by atoms with Crippen LogP contribution in [0.3, 0.4) is 0 Å². The minimum Gasteiger partial charge on any atom is -0.147 e. The van der Waals surface area contributed by atoms with Crippen molar-refractivity contribution in [1.82, 2.24) is 0 Å². The maximum absolute atomic E-state index is 2.12. The van der Waals surface area contributed by atoms with Crippen molar-refractivity contribution in [1.29, 1.82) is 0 Å². The van der Waals surface area contributed by atoms with Gasteiger partial charge in [-0.3, -0.25) is 0 Å². The molecular weight excluding hydrogens is 320 g/mol. The molecule has 84 valence electrons. The topological polar surface area (TPSA) is 0 Å². The Kier molecular flexibility index (Phi) is 1410. The van der Waals surface area contributed by atoms with Gasteiger partial charge in [-0.1, -0.05) is 20.3 Å². The van der Waals surface area contributed by atoms with E-state index in [0.29, 0.717) is 0 Å². The summed E-state index contributed by atoms with van der Waals surface area (Å²) >= 11 is 0. The van der Waals surface area contributed by atoms with Crippen molar-refractivity contribution >= 4 is 99.3 Å². The first kappa shape index (κ1) is 108. The molecule has 11 heavy (non-hydrogen) atoms. The minimum atomic E-state index is 0. The zero-order chi connectivity index (χ0) is 2.71. The molecule has 0 amide bonds. The van der Waals surface area contributed by atoms with Crippen molar-refractivity contribution in [2.24, 2.45) is 0 Å². The second-order valence-corrected chi connectivity index (χ2v) is 0.707. The fraction of sp³-hybridized carbons (Fsp3) is 1.00. The summed E-state index contributed by atoms with van der Waals surface area (Å²) in [5.74, 6) is 0. The van der Waals surface area contributed by atoms with E-state index in [4.69, 9.17) is 0 Å². The van der Waals surface area contributed by atoms with E-state index in [1.165, 1.54) is 6.42 Å². The van der Waals surface area contributed by atoms with Crippen LogP contribution in [0.2, 0.25) is 0 Å². The van der Waals surface area contributed by atoms with E-state index in [1.807, 2.05) is 0 Å². The van der Waals surface area contributed by atoms with Crippen LogP contribution in [-0.2, 0) is 0 Å². The van der Waals surface area contributed by atoms with Crippen molar-refractivity contribution in [2.45, 2.75) is 20.3 Å². The van der Waals surface area contributed by atoms with Crippen LogP contribution in [0.1, 0.15) is 20.3 Å². The summed E-state index contributed by atoms with van der Waals surface area (Å²) in [5.41, 5.74) is 0. The molecule has 0 bridgehead atoms. The summed E-state index contributed by atoms with van der Waals surface area (Å²) in [6.07, 6.45) is 1.25. The summed E-state index contributed by atoms with van der Waals surface area (Å²) < 4.78 is 0. The van der Waals surface area contributed by atoms with Crippen LogP contribution >= 0.6 is 99.3 Å². The molecule has 0 aromatic heterocycles. The van der Waals surface area contributed by atoms with Gasteiger partial charge in [0.15, 0.2) is 0 Å². The lowest BCUT2D eigenvalue weighted by atomic mass is 10.6. The number of rotatable bonds is 0. The second kappa shape index (κ2) is 143. The molecule has 0 N–H and O–H groups in total. The molecule has 8 heteroatoms. The molecule has 0 heterocycles. The van der Waals surface area contributed by atoms with Crippen molar-refractivity contribution in [3.05, 3.63) is 0 Å². The Morgan fingerprint density at radius 1 is 0.455 bits per heavy atom. The quantitative estimate of drug-likeness (QED) is 0.597. The average Bonchev–Trinajstić information content (AvgIpc) is 0.918. The van der Waals surface area contributed by atoms with Crippen molar-refractivity contribution < 1.29 is 0 Å². The Balaban J connectivity index is -0.000000000714. The van der Waals surface area contributed by atoms with Gasteiger partial charge < -0.3 is 0 Å². The van der Waals surface area contributed by atoms with Crippen LogP contribution in [0.25, 0.3) is 0 Å². The Morgan fingerprint density at radius 2 is 0.455 bits per heavy atom. The molecule has 0 unspecified atom stereocenters. The molecule has 0 aliphatic carbocycles. The highest BCUT2D eigenvalue weighted by Crippen LogP contribution is 1.56. The molecular formula is C3H16Cl8. The SMILES string of the molecule is CCC.Cl.Cl.Cl.Cl.Cl.Cl.Cl.Cl. The van der Waals surface area contributed by atoms with Gasteiger partial charge in [0.1, 0.15) is 0 Å². The maximum atomic E-state index is 2.12. The van der Waals surface area contributed by atoms with Gasteiger partial charge in [-0.05, 0) is 0 Å². The van der Waals surface area contributed by atoms with E-state index >= 15 is 0 Å². The van der Waals surface area contributed by atoms with Gasteiger partial charge in [0.05, 0.1) is 0 Å². The molecule has 0 spiro atoms. The Bertz CT molecular complexity index is 9.30. The number of halogens is 8. The summed E-state index contributed by atoms with van der Waals surface area (Å²) in [4.78, 5) is 0. The summed E-state index contributed by atoms with van der Waals surface area (Å²) in [5, 5.41) is 0. The molecule has 0 aromatic rings. The fourth-order valence-electron chi connectivity index (χ4n) is 0. The van der Waals surface area contributed by atoms with Gasteiger partial charge in [-0.15, -0.1) is 99.3 Å². The standard InChI is InChI=1S/C3H8.8ClH/c1-3-2;;;;;;;;/h3H2,1-2H3;8*1H. The van der Waals surface area contributed by atoms with Gasteiger partial charge in [-0.2, -0.15) is 0 Å². The highest BCUT2D eigenvalue weighted by molar-refractivity contribution is 5.86. The Hall–Kier alpha value is 2.32. The fourth-order valence-corrected chi connectivity index (χ4v) is 0. The van der Waals surface area contributed by atoms with Gasteiger partial charge >= 0.3 is 0 Å². The minimum absolute atomic E-state index is 0. The normalized spacial score (nSPS) is 1.64. The largest absolute Gasteiger partial charge is 0.147 e. The van der Waals surface area contributed by atoms with Crippen LogP contribution < -0.4 is 0 Å². The first-order chi connectivity index (χ1) is 1.41. The third kappa shape index (κ3) is 244. The first-order valence-electron chi connectivity index (χ1n) is 1.41. The van der Waals surface area contributed by atoms with Gasteiger partial charge in [0.2, 0.25) is 0 Å². The Labute approximate surface area is 119 Å². The van der Waals surface area contributed by atoms with E-state index in [-0.39, 0.29) is 99.3 Å². The van der Waals surface area contributed by atoms with E-state index in [2.05, 4.69) is 13.8 Å². The molecule has 0 rings (SSSR count). The predicted octanol–water partition coefficient (Wildman–Crippen LogP) is 4.79. The zero-order valence-electron chi connectivity index (χ0n) is 5.97. The van der Waals surface area contributed by atoms with Crippen LogP contribution in [0, 0.1) is 0 Å². The second-order valence-electron chi connectivity index (χ2n) is 0.707. The highest BCUT2D eigenvalue weighted by Gasteiger charge is 1.35. The van der Waals surface area contributed by atoms with E-state index < -0.39 is 0 Å². The zero-order valence-corrected chi connectivity index (χ0v) is 12.5. The highest BCUT2D eigenvalue weighted by atomic mass is 35.5. The van der Waals surface area contributed by atoms with Crippen molar-refractivity contribution in [3.63, 3.8) is 0 Å². The van der Waals surface area contributed by atoms with Crippen molar-refractivity contribution in [2.75, 3.05) is 0 Å². The lowest BCUT2D eigenvalue weighted by molar-refractivity contribution is 1.09. The molecule has 0 saturated heterocycles. The average molecular weight is 336 g/mol. The van der Waals surface area contributed by atoms with Crippen molar-refractivity contribution in [3.8, 4) is 0 Å². The lowest BCUT2D eigenvalue weighted by Crippen LogP contribution is -1.27. The third-order valence-electron chi connectivity index (χ3n) is 0. The summed E-state index contributed by atoms with van der Waals surface area (Å²) in [6, 6.07) is 0. The van der Waals surface area contributed by atoms with Gasteiger partial charge in [-0.25, -0.2) is 0 Å².